The smallest absolute Gasteiger partial charge is 0.342 e. The zero-order chi connectivity index (χ0) is 20.1. The first-order chi connectivity index (χ1) is 13.5. The normalized spacial score (nSPS) is 14.4. The van der Waals surface area contributed by atoms with Gasteiger partial charge in [0.15, 0.2) is 6.10 Å². The Labute approximate surface area is 167 Å². The molecule has 1 fully saturated rings. The molecule has 7 nitrogen and oxygen atoms in total. The molecule has 1 aliphatic rings. The van der Waals surface area contributed by atoms with Crippen molar-refractivity contribution < 1.29 is 23.9 Å². The average molecular weight is 403 g/mol. The molecule has 8 heteroatoms. The summed E-state index contributed by atoms with van der Waals surface area (Å²) in [7, 11) is 0. The van der Waals surface area contributed by atoms with E-state index in [0.717, 1.165) is 10.5 Å². The van der Waals surface area contributed by atoms with Crippen LogP contribution in [0.3, 0.4) is 0 Å². The fourth-order valence-corrected chi connectivity index (χ4v) is 2.80. The maximum absolute atomic E-state index is 12.5. The summed E-state index contributed by atoms with van der Waals surface area (Å²) < 4.78 is 11.0. The number of carbonyl (C=O) groups excluding carboxylic acids is 3. The minimum Gasteiger partial charge on any atom is -0.488 e. The summed E-state index contributed by atoms with van der Waals surface area (Å²) in [6.07, 6.45) is -1.10. The number of benzene rings is 2. The lowest BCUT2D eigenvalue weighted by Gasteiger charge is -2.19. The molecule has 0 spiro atoms. The van der Waals surface area contributed by atoms with Gasteiger partial charge >= 0.3 is 12.0 Å². The van der Waals surface area contributed by atoms with Crippen LogP contribution in [-0.2, 0) is 16.1 Å². The molecule has 0 radical (unpaired) electrons. The van der Waals surface area contributed by atoms with Crippen molar-refractivity contribution in [2.45, 2.75) is 19.6 Å². The van der Waals surface area contributed by atoms with E-state index in [2.05, 4.69) is 5.32 Å². The zero-order valence-corrected chi connectivity index (χ0v) is 15.9. The first-order valence-corrected chi connectivity index (χ1v) is 9.10. The lowest BCUT2D eigenvalue weighted by molar-refractivity contribution is -0.136. The van der Waals surface area contributed by atoms with Gasteiger partial charge in [-0.3, -0.25) is 9.69 Å². The summed E-state index contributed by atoms with van der Waals surface area (Å²) in [6.45, 7) is 2.31. The Kier molecular flexibility index (Phi) is 6.16. The number of ether oxygens (including phenoxy) is 2. The molecule has 0 saturated carbocycles. The molecular weight excluding hydrogens is 384 g/mol. The number of amides is 3. The molecule has 28 heavy (non-hydrogen) atoms. The van der Waals surface area contributed by atoms with Crippen LogP contribution in [0.5, 0.6) is 5.75 Å². The summed E-state index contributed by atoms with van der Waals surface area (Å²) >= 11 is 5.87. The summed E-state index contributed by atoms with van der Waals surface area (Å²) in [6, 6.07) is 13.3. The second kappa shape index (κ2) is 8.75. The van der Waals surface area contributed by atoms with Crippen molar-refractivity contribution in [3.63, 3.8) is 0 Å². The second-order valence-corrected chi connectivity index (χ2v) is 6.62. The molecule has 1 saturated heterocycles. The lowest BCUT2D eigenvalue weighted by atomic mass is 10.2. The standard InChI is InChI=1S/C20H19ClN2O5/c1-13(18(24)23-11-10-22-20(23)26)28-19(25)16-4-2-3-5-17(16)27-12-14-6-8-15(21)9-7-14/h2-9,13H,10-12H2,1H3,(H,22,26)/t13-/m1/s1. The zero-order valence-electron chi connectivity index (χ0n) is 15.2. The monoisotopic (exact) mass is 402 g/mol. The number of para-hydroxylation sites is 1. The van der Waals surface area contributed by atoms with Crippen LogP contribution >= 0.6 is 11.6 Å². The molecule has 3 rings (SSSR count). The lowest BCUT2D eigenvalue weighted by Crippen LogP contribution is -2.41. The van der Waals surface area contributed by atoms with Crippen molar-refractivity contribution in [2.75, 3.05) is 13.1 Å². The van der Waals surface area contributed by atoms with E-state index in [1.54, 1.807) is 36.4 Å². The first-order valence-electron chi connectivity index (χ1n) is 8.72. The number of rotatable bonds is 6. The summed E-state index contributed by atoms with van der Waals surface area (Å²) in [5.41, 5.74) is 1.08. The van der Waals surface area contributed by atoms with Gasteiger partial charge in [-0.15, -0.1) is 0 Å². The van der Waals surface area contributed by atoms with Crippen LogP contribution in [0.25, 0.3) is 0 Å². The summed E-state index contributed by atoms with van der Waals surface area (Å²) in [4.78, 5) is 37.5. The van der Waals surface area contributed by atoms with Crippen molar-refractivity contribution in [3.8, 4) is 5.75 Å². The minimum atomic E-state index is -1.10. The number of hydrogen-bond acceptors (Lipinski definition) is 5. The molecule has 0 unspecified atom stereocenters. The molecule has 146 valence electrons. The number of imide groups is 1. The van der Waals surface area contributed by atoms with Crippen LogP contribution in [0.4, 0.5) is 4.79 Å². The molecular formula is C20H19ClN2O5. The number of nitrogens with zero attached hydrogens (tertiary/aromatic N) is 1. The van der Waals surface area contributed by atoms with E-state index in [9.17, 15) is 14.4 Å². The number of hydrogen-bond donors (Lipinski definition) is 1. The van der Waals surface area contributed by atoms with Gasteiger partial charge < -0.3 is 14.8 Å². The molecule has 0 aromatic heterocycles. The predicted molar refractivity (Wildman–Crippen MR) is 102 cm³/mol. The molecule has 2 aromatic rings. The van der Waals surface area contributed by atoms with Gasteiger partial charge in [0, 0.05) is 18.1 Å². The molecule has 1 heterocycles. The van der Waals surface area contributed by atoms with Crippen molar-refractivity contribution in [1.29, 1.82) is 0 Å². The van der Waals surface area contributed by atoms with Crippen LogP contribution in [0.15, 0.2) is 48.5 Å². The van der Waals surface area contributed by atoms with Crippen molar-refractivity contribution in [1.82, 2.24) is 10.2 Å². The summed E-state index contributed by atoms with van der Waals surface area (Å²) in [5, 5.41) is 3.16. The second-order valence-electron chi connectivity index (χ2n) is 6.18. The van der Waals surface area contributed by atoms with Gasteiger partial charge in [0.2, 0.25) is 0 Å². The van der Waals surface area contributed by atoms with E-state index in [4.69, 9.17) is 21.1 Å². The van der Waals surface area contributed by atoms with Crippen LogP contribution in [0.1, 0.15) is 22.8 Å². The SMILES string of the molecule is C[C@@H](OC(=O)c1ccccc1OCc1ccc(Cl)cc1)C(=O)N1CCNC1=O. The molecule has 0 aliphatic carbocycles. The Morgan fingerprint density at radius 1 is 1.18 bits per heavy atom. The van der Waals surface area contributed by atoms with E-state index in [1.807, 2.05) is 12.1 Å². The molecule has 0 bridgehead atoms. The fraction of sp³-hybridized carbons (Fsp3) is 0.250. The van der Waals surface area contributed by atoms with Crippen LogP contribution in [0, 0.1) is 0 Å². The van der Waals surface area contributed by atoms with E-state index >= 15 is 0 Å². The van der Waals surface area contributed by atoms with Gasteiger partial charge in [0.05, 0.1) is 0 Å². The maximum atomic E-state index is 12.5. The molecule has 3 amide bonds. The van der Waals surface area contributed by atoms with Gasteiger partial charge in [-0.25, -0.2) is 9.59 Å². The van der Waals surface area contributed by atoms with E-state index in [-0.39, 0.29) is 18.7 Å². The molecule has 1 aliphatic heterocycles. The molecule has 1 N–H and O–H groups in total. The number of carbonyl (C=O) groups is 3. The third kappa shape index (κ3) is 4.61. The highest BCUT2D eigenvalue weighted by Gasteiger charge is 2.32. The van der Waals surface area contributed by atoms with Crippen LogP contribution in [-0.4, -0.2) is 42.0 Å². The Morgan fingerprint density at radius 2 is 1.89 bits per heavy atom. The molecule has 2 aromatic carbocycles. The highest BCUT2D eigenvalue weighted by molar-refractivity contribution is 6.30. The van der Waals surface area contributed by atoms with Gasteiger partial charge in [-0.1, -0.05) is 35.9 Å². The van der Waals surface area contributed by atoms with Crippen molar-refractivity contribution in [2.24, 2.45) is 0 Å². The third-order valence-electron chi connectivity index (χ3n) is 4.17. The maximum Gasteiger partial charge on any atom is 0.342 e. The van der Waals surface area contributed by atoms with Crippen LogP contribution in [0.2, 0.25) is 5.02 Å². The van der Waals surface area contributed by atoms with Gasteiger partial charge in [0.1, 0.15) is 17.9 Å². The van der Waals surface area contributed by atoms with Gasteiger partial charge in [-0.05, 0) is 36.8 Å². The Hall–Kier alpha value is -3.06. The topological polar surface area (TPSA) is 84.9 Å². The summed E-state index contributed by atoms with van der Waals surface area (Å²) in [5.74, 6) is -0.934. The highest BCUT2D eigenvalue weighted by Crippen LogP contribution is 2.22. The Balaban J connectivity index is 1.65. The van der Waals surface area contributed by atoms with Crippen LogP contribution < -0.4 is 10.1 Å². The largest absolute Gasteiger partial charge is 0.488 e. The Morgan fingerprint density at radius 3 is 2.57 bits per heavy atom. The van der Waals surface area contributed by atoms with E-state index in [0.29, 0.717) is 17.3 Å². The third-order valence-corrected chi connectivity index (χ3v) is 4.42. The Bertz CT molecular complexity index is 884. The number of halogens is 1. The predicted octanol–water partition coefficient (Wildman–Crippen LogP) is 3.02. The first kappa shape index (κ1) is 19.7. The van der Waals surface area contributed by atoms with E-state index in [1.165, 1.54) is 6.92 Å². The highest BCUT2D eigenvalue weighted by atomic mass is 35.5. The average Bonchev–Trinajstić information content (AvgIpc) is 3.13. The minimum absolute atomic E-state index is 0.196. The number of esters is 1. The van der Waals surface area contributed by atoms with Gasteiger partial charge in [-0.2, -0.15) is 0 Å². The number of nitrogens with one attached hydrogen (secondary N) is 1. The number of urea groups is 1. The van der Waals surface area contributed by atoms with Gasteiger partial charge in [0.25, 0.3) is 5.91 Å². The van der Waals surface area contributed by atoms with Crippen molar-refractivity contribution >= 4 is 29.5 Å². The van der Waals surface area contributed by atoms with Crippen molar-refractivity contribution in [3.05, 3.63) is 64.7 Å². The molecule has 1 atom stereocenters. The quantitative estimate of drug-likeness (QED) is 0.751. The van der Waals surface area contributed by atoms with E-state index < -0.39 is 24.0 Å². The fourth-order valence-electron chi connectivity index (χ4n) is 2.68.